The maximum atomic E-state index is 13.0. The van der Waals surface area contributed by atoms with Crippen LogP contribution in [-0.4, -0.2) is 56.3 Å². The lowest BCUT2D eigenvalue weighted by molar-refractivity contribution is -0.284. The molecule has 2 aromatic carbocycles. The molecule has 0 spiro atoms. The number of carbonyl (C=O) groups excluding carboxylic acids is 1. The molecule has 1 aliphatic heterocycles. The number of aromatic nitrogens is 4. The summed E-state index contributed by atoms with van der Waals surface area (Å²) in [5, 5.41) is 14.8. The van der Waals surface area contributed by atoms with Gasteiger partial charge in [0.15, 0.2) is 13.5 Å². The van der Waals surface area contributed by atoms with Crippen LogP contribution in [0.2, 0.25) is 5.02 Å². The molecule has 4 rings (SSSR count). The van der Waals surface area contributed by atoms with Gasteiger partial charge in [0, 0.05) is 11.4 Å². The van der Waals surface area contributed by atoms with Crippen molar-refractivity contribution in [3.8, 4) is 5.69 Å². The summed E-state index contributed by atoms with van der Waals surface area (Å²) >= 11 is 6.21. The first-order valence-electron chi connectivity index (χ1n) is 10.4. The second kappa shape index (κ2) is 9.84. The van der Waals surface area contributed by atoms with Crippen molar-refractivity contribution in [2.45, 2.75) is 38.8 Å². The Kier molecular flexibility index (Phi) is 6.89. The van der Waals surface area contributed by atoms with Gasteiger partial charge < -0.3 is 4.74 Å². The second-order valence-corrected chi connectivity index (χ2v) is 8.87. The number of hydroxylamine groups is 3. The van der Waals surface area contributed by atoms with Crippen LogP contribution in [0.25, 0.3) is 5.69 Å². The topological polar surface area (TPSA) is 94.8 Å². The standard InChI is InChI=1S/C22H25ClN6O4/c1-22(2,3)33-21(30)20(11-16-7-5-4-6-8-16)29-15-31-28(14-32-29)19-12-17(23)9-10-18(19)27-13-24-25-26-27/h4-10,12-13,20H,11,14-15H2,1-3H3. The lowest BCUT2D eigenvalue weighted by Crippen LogP contribution is -2.52. The maximum Gasteiger partial charge on any atom is 0.326 e. The lowest BCUT2D eigenvalue weighted by atomic mass is 10.1. The molecule has 0 aliphatic carbocycles. The molecule has 0 bridgehead atoms. The molecule has 174 valence electrons. The Morgan fingerprint density at radius 2 is 1.91 bits per heavy atom. The van der Waals surface area contributed by atoms with Gasteiger partial charge in [-0.3, -0.25) is 14.5 Å². The van der Waals surface area contributed by atoms with Crippen molar-refractivity contribution in [2.24, 2.45) is 0 Å². The molecular weight excluding hydrogens is 448 g/mol. The number of halogens is 1. The van der Waals surface area contributed by atoms with E-state index in [9.17, 15) is 4.79 Å². The summed E-state index contributed by atoms with van der Waals surface area (Å²) in [6.45, 7) is 5.51. The van der Waals surface area contributed by atoms with Crippen molar-refractivity contribution in [2.75, 3.05) is 18.5 Å². The van der Waals surface area contributed by atoms with E-state index in [1.807, 2.05) is 51.1 Å². The number of nitrogens with zero attached hydrogens (tertiary/aromatic N) is 6. The van der Waals surface area contributed by atoms with Crippen LogP contribution in [0.15, 0.2) is 54.9 Å². The summed E-state index contributed by atoms with van der Waals surface area (Å²) in [6.07, 6.45) is 1.88. The van der Waals surface area contributed by atoms with Crippen LogP contribution in [0.5, 0.6) is 0 Å². The van der Waals surface area contributed by atoms with Gasteiger partial charge in [0.25, 0.3) is 0 Å². The van der Waals surface area contributed by atoms with E-state index in [0.717, 1.165) is 5.56 Å². The normalized spacial score (nSPS) is 15.9. The van der Waals surface area contributed by atoms with Crippen LogP contribution in [0.4, 0.5) is 5.69 Å². The molecule has 2 heterocycles. The minimum absolute atomic E-state index is 0.00168. The Morgan fingerprint density at radius 3 is 2.55 bits per heavy atom. The third kappa shape index (κ3) is 5.85. The highest BCUT2D eigenvalue weighted by atomic mass is 35.5. The highest BCUT2D eigenvalue weighted by molar-refractivity contribution is 6.31. The molecule has 3 aromatic rings. The SMILES string of the molecule is CC(C)(C)OC(=O)C(Cc1ccccc1)N1CON(c2cc(Cl)ccc2-n2cnnn2)CO1. The molecule has 1 aliphatic rings. The van der Waals surface area contributed by atoms with Gasteiger partial charge in [-0.25, -0.2) is 5.06 Å². The largest absolute Gasteiger partial charge is 0.459 e. The summed E-state index contributed by atoms with van der Waals surface area (Å²) in [5.74, 6) is -0.388. The Labute approximate surface area is 196 Å². The van der Waals surface area contributed by atoms with Gasteiger partial charge in [-0.2, -0.15) is 4.68 Å². The van der Waals surface area contributed by atoms with Crippen molar-refractivity contribution < 1.29 is 19.2 Å². The predicted octanol–water partition coefficient (Wildman–Crippen LogP) is 3.17. The fraction of sp³-hybridized carbons (Fsp3) is 0.364. The molecule has 10 nitrogen and oxygen atoms in total. The van der Waals surface area contributed by atoms with Crippen LogP contribution >= 0.6 is 11.6 Å². The van der Waals surface area contributed by atoms with Crippen LogP contribution in [0, 0.1) is 0 Å². The fourth-order valence-electron chi connectivity index (χ4n) is 3.32. The monoisotopic (exact) mass is 472 g/mol. The first-order chi connectivity index (χ1) is 15.8. The number of anilines is 1. The average molecular weight is 473 g/mol. The van der Waals surface area contributed by atoms with Gasteiger partial charge in [-0.1, -0.05) is 41.9 Å². The third-order valence-corrected chi connectivity index (χ3v) is 5.02. The Morgan fingerprint density at radius 1 is 1.12 bits per heavy atom. The molecule has 0 amide bonds. The van der Waals surface area contributed by atoms with Gasteiger partial charge in [0.1, 0.15) is 18.0 Å². The smallest absolute Gasteiger partial charge is 0.326 e. The number of hydrogen-bond donors (Lipinski definition) is 0. The summed E-state index contributed by atoms with van der Waals surface area (Å²) in [6, 6.07) is 14.3. The summed E-state index contributed by atoms with van der Waals surface area (Å²) in [4.78, 5) is 24.9. The maximum absolute atomic E-state index is 13.0. The molecule has 1 unspecified atom stereocenters. The Balaban J connectivity index is 1.52. The average Bonchev–Trinajstić information content (AvgIpc) is 3.32. The third-order valence-electron chi connectivity index (χ3n) is 4.78. The molecule has 0 N–H and O–H groups in total. The van der Waals surface area contributed by atoms with Crippen molar-refractivity contribution in [3.05, 3.63) is 65.4 Å². The van der Waals surface area contributed by atoms with Crippen LogP contribution in [-0.2, 0) is 25.6 Å². The van der Waals surface area contributed by atoms with E-state index in [4.69, 9.17) is 26.0 Å². The van der Waals surface area contributed by atoms with Crippen LogP contribution in [0.3, 0.4) is 0 Å². The highest BCUT2D eigenvalue weighted by Crippen LogP contribution is 2.30. The van der Waals surface area contributed by atoms with Gasteiger partial charge in [-0.15, -0.1) is 10.2 Å². The number of esters is 1. The summed E-state index contributed by atoms with van der Waals surface area (Å²) < 4.78 is 7.15. The van der Waals surface area contributed by atoms with Crippen molar-refractivity contribution in [1.29, 1.82) is 0 Å². The van der Waals surface area contributed by atoms with E-state index in [0.29, 0.717) is 22.8 Å². The minimum atomic E-state index is -0.688. The van der Waals surface area contributed by atoms with E-state index in [2.05, 4.69) is 15.5 Å². The summed E-state index contributed by atoms with van der Waals surface area (Å²) in [5.41, 5.74) is 1.63. The zero-order chi connectivity index (χ0) is 23.4. The Bertz CT molecular complexity index is 1070. The number of rotatable bonds is 6. The van der Waals surface area contributed by atoms with Crippen molar-refractivity contribution in [1.82, 2.24) is 25.3 Å². The van der Waals surface area contributed by atoms with E-state index in [1.165, 1.54) is 21.1 Å². The number of hydrogen-bond acceptors (Lipinski definition) is 9. The first kappa shape index (κ1) is 23.1. The van der Waals surface area contributed by atoms with E-state index >= 15 is 0 Å². The van der Waals surface area contributed by atoms with E-state index < -0.39 is 11.6 Å². The molecule has 1 saturated heterocycles. The van der Waals surface area contributed by atoms with Gasteiger partial charge in [-0.05, 0) is 55.0 Å². The fourth-order valence-corrected chi connectivity index (χ4v) is 3.48. The second-order valence-electron chi connectivity index (χ2n) is 8.44. The molecule has 0 radical (unpaired) electrons. The molecule has 11 heteroatoms. The molecule has 0 saturated carbocycles. The molecule has 1 fully saturated rings. The Hall–Kier alpha value is -3.05. The minimum Gasteiger partial charge on any atom is -0.459 e. The van der Waals surface area contributed by atoms with Gasteiger partial charge in [0.2, 0.25) is 0 Å². The zero-order valence-electron chi connectivity index (χ0n) is 18.6. The number of ether oxygens (including phenoxy) is 1. The molecular formula is C22H25ClN6O4. The lowest BCUT2D eigenvalue weighted by Gasteiger charge is -2.38. The highest BCUT2D eigenvalue weighted by Gasteiger charge is 2.35. The molecule has 1 aromatic heterocycles. The number of benzene rings is 2. The van der Waals surface area contributed by atoms with Crippen LogP contribution in [0.1, 0.15) is 26.3 Å². The molecule has 33 heavy (non-hydrogen) atoms. The number of carbonyl (C=O) groups is 1. The van der Waals surface area contributed by atoms with Crippen molar-refractivity contribution >= 4 is 23.3 Å². The predicted molar refractivity (Wildman–Crippen MR) is 120 cm³/mol. The van der Waals surface area contributed by atoms with E-state index in [-0.39, 0.29) is 19.4 Å². The quantitative estimate of drug-likeness (QED) is 0.501. The van der Waals surface area contributed by atoms with Crippen LogP contribution < -0.4 is 5.06 Å². The number of tetrazole rings is 1. The van der Waals surface area contributed by atoms with Gasteiger partial charge >= 0.3 is 5.97 Å². The molecule has 1 atom stereocenters. The van der Waals surface area contributed by atoms with Gasteiger partial charge in [0.05, 0.1) is 11.4 Å². The summed E-state index contributed by atoms with van der Waals surface area (Å²) in [7, 11) is 0. The first-order valence-corrected chi connectivity index (χ1v) is 10.8. The zero-order valence-corrected chi connectivity index (χ0v) is 19.3. The van der Waals surface area contributed by atoms with E-state index in [1.54, 1.807) is 18.2 Å². The van der Waals surface area contributed by atoms with Crippen molar-refractivity contribution in [3.63, 3.8) is 0 Å².